The summed E-state index contributed by atoms with van der Waals surface area (Å²) in [5, 5.41) is 6.96. The van der Waals surface area contributed by atoms with Gasteiger partial charge in [-0.25, -0.2) is 0 Å². The van der Waals surface area contributed by atoms with Gasteiger partial charge in [-0.15, -0.1) is 0 Å². The molecule has 0 rings (SSSR count). The van der Waals surface area contributed by atoms with Gasteiger partial charge in [0.05, 0.1) is 6.54 Å². The molecule has 0 bridgehead atoms. The summed E-state index contributed by atoms with van der Waals surface area (Å²) in [6.07, 6.45) is 0. The Hall–Kier alpha value is -0.280. The highest BCUT2D eigenvalue weighted by molar-refractivity contribution is 7.80. The molecule has 2 N–H and O–H groups in total. The van der Waals surface area contributed by atoms with Crippen molar-refractivity contribution in [2.24, 2.45) is 0 Å². The van der Waals surface area contributed by atoms with Crippen molar-refractivity contribution in [2.45, 2.75) is 6.92 Å². The molecular weight excluding hydrogens is 168 g/mol. The van der Waals surface area contributed by atoms with Crippen LogP contribution in [0.4, 0.5) is 0 Å². The van der Waals surface area contributed by atoms with Crippen LogP contribution in [0.2, 0.25) is 0 Å². The average molecular weight is 179 g/mol. The first-order valence-corrected chi connectivity index (χ1v) is 3.80. The topological polar surface area (TPSA) is 24.1 Å². The van der Waals surface area contributed by atoms with Gasteiger partial charge in [0.15, 0.2) is 5.11 Å². The van der Waals surface area contributed by atoms with Crippen LogP contribution < -0.4 is 10.6 Å². The van der Waals surface area contributed by atoms with Crippen LogP contribution in [0.15, 0.2) is 11.6 Å². The van der Waals surface area contributed by atoms with Crippen LogP contribution in [-0.4, -0.2) is 18.2 Å². The van der Waals surface area contributed by atoms with Gasteiger partial charge >= 0.3 is 0 Å². The molecule has 0 aliphatic heterocycles. The summed E-state index contributed by atoms with van der Waals surface area (Å²) < 4.78 is 0. The number of rotatable bonds is 3. The molecule has 10 heavy (non-hydrogen) atoms. The van der Waals surface area contributed by atoms with E-state index in [1.165, 1.54) is 0 Å². The van der Waals surface area contributed by atoms with Gasteiger partial charge in [0.2, 0.25) is 0 Å². The fourth-order valence-corrected chi connectivity index (χ4v) is 0.683. The van der Waals surface area contributed by atoms with Gasteiger partial charge < -0.3 is 10.6 Å². The summed E-state index contributed by atoms with van der Waals surface area (Å²) in [7, 11) is 0. The molecule has 0 spiro atoms. The van der Waals surface area contributed by atoms with Crippen LogP contribution in [0.3, 0.4) is 0 Å². The van der Waals surface area contributed by atoms with Gasteiger partial charge in [0, 0.05) is 11.6 Å². The van der Waals surface area contributed by atoms with E-state index in [1.807, 2.05) is 6.92 Å². The second-order valence-electron chi connectivity index (χ2n) is 1.73. The minimum atomic E-state index is 0.521. The third kappa shape index (κ3) is 5.85. The van der Waals surface area contributed by atoms with E-state index in [0.717, 1.165) is 6.54 Å². The zero-order valence-corrected chi connectivity index (χ0v) is 7.48. The van der Waals surface area contributed by atoms with Crippen LogP contribution in [0.1, 0.15) is 6.92 Å². The first-order valence-electron chi connectivity index (χ1n) is 3.01. The second kappa shape index (κ2) is 5.50. The predicted octanol–water partition coefficient (Wildman–Crippen LogP) is 1.22. The summed E-state index contributed by atoms with van der Waals surface area (Å²) in [6, 6.07) is 0. The van der Waals surface area contributed by atoms with E-state index < -0.39 is 0 Å². The van der Waals surface area contributed by atoms with Crippen molar-refractivity contribution in [3.8, 4) is 0 Å². The molecule has 0 aliphatic carbocycles. The third-order valence-corrected chi connectivity index (χ3v) is 1.20. The minimum Gasteiger partial charge on any atom is -0.363 e. The summed E-state index contributed by atoms with van der Waals surface area (Å²) in [5.41, 5.74) is 0. The smallest absolute Gasteiger partial charge is 0.166 e. The zero-order valence-electron chi connectivity index (χ0n) is 5.91. The van der Waals surface area contributed by atoms with Crippen LogP contribution in [-0.2, 0) is 0 Å². The van der Waals surface area contributed by atoms with Gasteiger partial charge in [-0.3, -0.25) is 0 Å². The number of hydrogen-bond donors (Lipinski definition) is 2. The minimum absolute atomic E-state index is 0.521. The molecule has 58 valence electrons. The highest BCUT2D eigenvalue weighted by atomic mass is 35.5. The Morgan fingerprint density at radius 2 is 2.20 bits per heavy atom. The lowest BCUT2D eigenvalue weighted by molar-refractivity contribution is 0.905. The van der Waals surface area contributed by atoms with Crippen molar-refractivity contribution in [2.75, 3.05) is 13.1 Å². The van der Waals surface area contributed by atoms with Crippen molar-refractivity contribution in [3.05, 3.63) is 11.6 Å². The Balaban J connectivity index is 3.30. The molecule has 0 amide bonds. The van der Waals surface area contributed by atoms with Crippen LogP contribution in [0, 0.1) is 0 Å². The zero-order chi connectivity index (χ0) is 7.98. The highest BCUT2D eigenvalue weighted by Gasteiger charge is 1.91. The lowest BCUT2D eigenvalue weighted by atomic mass is 10.6. The molecule has 0 aromatic heterocycles. The Morgan fingerprint density at radius 1 is 1.60 bits per heavy atom. The number of hydrogen-bond acceptors (Lipinski definition) is 1. The van der Waals surface area contributed by atoms with E-state index in [1.54, 1.807) is 0 Å². The van der Waals surface area contributed by atoms with E-state index in [0.29, 0.717) is 16.7 Å². The third-order valence-electron chi connectivity index (χ3n) is 0.778. The summed E-state index contributed by atoms with van der Waals surface area (Å²) in [4.78, 5) is 0. The maximum absolute atomic E-state index is 5.48. The Labute approximate surface area is 71.6 Å². The van der Waals surface area contributed by atoms with Gasteiger partial charge in [-0.05, 0) is 19.1 Å². The van der Waals surface area contributed by atoms with Crippen LogP contribution in [0.25, 0.3) is 0 Å². The summed E-state index contributed by atoms with van der Waals surface area (Å²) in [5.74, 6) is 0. The van der Waals surface area contributed by atoms with Crippen LogP contribution >= 0.6 is 23.8 Å². The quantitative estimate of drug-likeness (QED) is 0.636. The molecule has 0 aliphatic rings. The normalized spacial score (nSPS) is 8.60. The lowest BCUT2D eigenvalue weighted by Gasteiger charge is -2.06. The van der Waals surface area contributed by atoms with E-state index >= 15 is 0 Å². The lowest BCUT2D eigenvalue weighted by Crippen LogP contribution is -2.35. The van der Waals surface area contributed by atoms with Gasteiger partial charge in [-0.2, -0.15) is 0 Å². The van der Waals surface area contributed by atoms with Gasteiger partial charge in [0.1, 0.15) is 0 Å². The SMILES string of the molecule is C=C(Cl)CNC(=S)NCC. The molecule has 0 aromatic carbocycles. The fourth-order valence-electron chi connectivity index (χ4n) is 0.399. The van der Waals surface area contributed by atoms with Crippen molar-refractivity contribution < 1.29 is 0 Å². The van der Waals surface area contributed by atoms with Crippen molar-refractivity contribution >= 4 is 28.9 Å². The first kappa shape index (κ1) is 9.72. The number of nitrogens with one attached hydrogen (secondary N) is 2. The molecular formula is C6H11ClN2S. The van der Waals surface area contributed by atoms with E-state index in [9.17, 15) is 0 Å². The largest absolute Gasteiger partial charge is 0.363 e. The Morgan fingerprint density at radius 3 is 2.60 bits per heavy atom. The Kier molecular flexibility index (Phi) is 5.35. The summed E-state index contributed by atoms with van der Waals surface area (Å²) in [6.45, 7) is 6.82. The molecule has 0 saturated carbocycles. The van der Waals surface area contributed by atoms with Crippen LogP contribution in [0.5, 0.6) is 0 Å². The second-order valence-corrected chi connectivity index (χ2v) is 2.67. The number of halogens is 1. The molecule has 0 heterocycles. The molecule has 0 fully saturated rings. The molecule has 2 nitrogen and oxygen atoms in total. The number of thiocarbonyl (C=S) groups is 1. The molecule has 0 radical (unpaired) electrons. The predicted molar refractivity (Wildman–Crippen MR) is 49.3 cm³/mol. The monoisotopic (exact) mass is 178 g/mol. The first-order chi connectivity index (χ1) is 4.66. The standard InChI is InChI=1S/C6H11ClN2S/c1-3-8-6(10)9-4-5(2)7/h2-4H2,1H3,(H2,8,9,10). The molecule has 0 atom stereocenters. The van der Waals surface area contributed by atoms with Gasteiger partial charge in [0.25, 0.3) is 0 Å². The Bertz CT molecular complexity index is 136. The van der Waals surface area contributed by atoms with Crippen molar-refractivity contribution in [1.29, 1.82) is 0 Å². The molecule has 0 saturated heterocycles. The van der Waals surface area contributed by atoms with Gasteiger partial charge in [-0.1, -0.05) is 18.2 Å². The van der Waals surface area contributed by atoms with E-state index in [2.05, 4.69) is 17.2 Å². The van der Waals surface area contributed by atoms with Crippen molar-refractivity contribution in [1.82, 2.24) is 10.6 Å². The van der Waals surface area contributed by atoms with E-state index in [-0.39, 0.29) is 0 Å². The molecule has 0 aromatic rings. The summed E-state index contributed by atoms with van der Waals surface area (Å²) >= 11 is 10.3. The molecule has 4 heteroatoms. The maximum Gasteiger partial charge on any atom is 0.166 e. The molecule has 0 unspecified atom stereocenters. The fraction of sp³-hybridized carbons (Fsp3) is 0.500. The average Bonchev–Trinajstić information content (AvgIpc) is 1.85. The highest BCUT2D eigenvalue weighted by Crippen LogP contribution is 1.91. The van der Waals surface area contributed by atoms with Crippen molar-refractivity contribution in [3.63, 3.8) is 0 Å². The maximum atomic E-state index is 5.48. The van der Waals surface area contributed by atoms with E-state index in [4.69, 9.17) is 23.8 Å².